The van der Waals surface area contributed by atoms with Crippen LogP contribution in [0.2, 0.25) is 0 Å². The van der Waals surface area contributed by atoms with Crippen LogP contribution in [0.15, 0.2) is 36.5 Å². The Hall–Kier alpha value is -2.93. The third-order valence-corrected chi connectivity index (χ3v) is 4.69. The molecule has 1 fully saturated rings. The highest BCUT2D eigenvalue weighted by molar-refractivity contribution is 5.73. The van der Waals surface area contributed by atoms with Gasteiger partial charge in [0, 0.05) is 50.6 Å². The summed E-state index contributed by atoms with van der Waals surface area (Å²) >= 11 is 0. The molecule has 4 rings (SSSR count). The van der Waals surface area contributed by atoms with Gasteiger partial charge in [-0.15, -0.1) is 0 Å². The zero-order valence-electron chi connectivity index (χ0n) is 15.4. The lowest BCUT2D eigenvalue weighted by molar-refractivity contribution is 0.0845. The summed E-state index contributed by atoms with van der Waals surface area (Å²) in [7, 11) is 3.25. The molecule has 0 amide bonds. The van der Waals surface area contributed by atoms with E-state index in [1.54, 1.807) is 14.2 Å². The quantitative estimate of drug-likeness (QED) is 0.731. The average molecular weight is 368 g/mol. The lowest BCUT2D eigenvalue weighted by atomic mass is 9.97. The molecule has 1 saturated heterocycles. The minimum atomic E-state index is 0. The number of methoxy groups -OCH3 is 2. The molecule has 1 aliphatic rings. The summed E-state index contributed by atoms with van der Waals surface area (Å²) in [6.45, 7) is 1.55. The SMILES string of the molecule is COc1cc(Nc2ccc3ncc(C4CCOCC4)nc3n2)cc(OC)c1.[HH]. The Balaban J connectivity index is 0.00000225. The molecule has 0 bridgehead atoms. The Bertz CT molecular complexity index is 926. The summed E-state index contributed by atoms with van der Waals surface area (Å²) in [5, 5.41) is 3.29. The van der Waals surface area contributed by atoms with Gasteiger partial charge in [-0.05, 0) is 25.0 Å². The van der Waals surface area contributed by atoms with Gasteiger partial charge in [0.1, 0.15) is 22.8 Å². The van der Waals surface area contributed by atoms with Crippen LogP contribution in [0.1, 0.15) is 25.9 Å². The topological polar surface area (TPSA) is 78.4 Å². The first-order valence-electron chi connectivity index (χ1n) is 8.96. The van der Waals surface area contributed by atoms with Crippen LogP contribution in [0.3, 0.4) is 0 Å². The van der Waals surface area contributed by atoms with Crippen molar-refractivity contribution in [3.63, 3.8) is 0 Å². The zero-order chi connectivity index (χ0) is 18.6. The summed E-state index contributed by atoms with van der Waals surface area (Å²) in [6.07, 6.45) is 3.81. The molecule has 7 heteroatoms. The second-order valence-electron chi connectivity index (χ2n) is 6.45. The van der Waals surface area contributed by atoms with Crippen LogP contribution in [-0.4, -0.2) is 42.4 Å². The average Bonchev–Trinajstić information content (AvgIpc) is 2.73. The maximum atomic E-state index is 5.44. The van der Waals surface area contributed by atoms with Gasteiger partial charge in [-0.3, -0.25) is 4.98 Å². The van der Waals surface area contributed by atoms with Crippen molar-refractivity contribution in [1.29, 1.82) is 0 Å². The van der Waals surface area contributed by atoms with Gasteiger partial charge < -0.3 is 19.5 Å². The minimum absolute atomic E-state index is 0. The first kappa shape index (κ1) is 17.5. The fourth-order valence-electron chi connectivity index (χ4n) is 3.20. The number of benzene rings is 1. The Morgan fingerprint density at radius 1 is 1.04 bits per heavy atom. The fourth-order valence-corrected chi connectivity index (χ4v) is 3.20. The Morgan fingerprint density at radius 2 is 1.78 bits per heavy atom. The summed E-state index contributed by atoms with van der Waals surface area (Å²) in [4.78, 5) is 13.9. The molecule has 7 nitrogen and oxygen atoms in total. The van der Waals surface area contributed by atoms with E-state index < -0.39 is 0 Å². The lowest BCUT2D eigenvalue weighted by Crippen LogP contribution is -2.15. The van der Waals surface area contributed by atoms with Gasteiger partial charge >= 0.3 is 0 Å². The number of pyridine rings is 1. The van der Waals surface area contributed by atoms with E-state index >= 15 is 0 Å². The molecule has 27 heavy (non-hydrogen) atoms. The van der Waals surface area contributed by atoms with Crippen LogP contribution in [0.4, 0.5) is 11.5 Å². The number of anilines is 2. The minimum Gasteiger partial charge on any atom is -0.497 e. The highest BCUT2D eigenvalue weighted by Gasteiger charge is 2.18. The van der Waals surface area contributed by atoms with Gasteiger partial charge in [0.25, 0.3) is 0 Å². The molecular weight excluding hydrogens is 344 g/mol. The summed E-state index contributed by atoms with van der Waals surface area (Å²) in [5.41, 5.74) is 3.23. The number of nitrogens with zero attached hydrogens (tertiary/aromatic N) is 3. The van der Waals surface area contributed by atoms with Crippen LogP contribution in [0, 0.1) is 0 Å². The molecule has 0 spiro atoms. The Kier molecular flexibility index (Phi) is 5.02. The van der Waals surface area contributed by atoms with Crippen molar-refractivity contribution in [3.05, 3.63) is 42.2 Å². The molecule has 1 N–H and O–H groups in total. The molecule has 0 radical (unpaired) electrons. The number of aromatic nitrogens is 3. The predicted molar refractivity (Wildman–Crippen MR) is 105 cm³/mol. The molecule has 0 saturated carbocycles. The molecule has 3 aromatic rings. The van der Waals surface area contributed by atoms with Crippen LogP contribution >= 0.6 is 0 Å². The predicted octanol–water partition coefficient (Wildman–Crippen LogP) is 3.93. The van der Waals surface area contributed by atoms with E-state index in [0.717, 1.165) is 43.0 Å². The first-order valence-corrected chi connectivity index (χ1v) is 8.96. The molecule has 2 aromatic heterocycles. The van der Waals surface area contributed by atoms with Gasteiger partial charge in [0.05, 0.1) is 19.9 Å². The highest BCUT2D eigenvalue weighted by atomic mass is 16.5. The van der Waals surface area contributed by atoms with Crippen molar-refractivity contribution in [2.24, 2.45) is 0 Å². The van der Waals surface area contributed by atoms with Crippen molar-refractivity contribution >= 4 is 22.7 Å². The molecule has 1 aliphatic heterocycles. The van der Waals surface area contributed by atoms with Crippen molar-refractivity contribution < 1.29 is 15.6 Å². The van der Waals surface area contributed by atoms with Gasteiger partial charge in [0.15, 0.2) is 5.65 Å². The van der Waals surface area contributed by atoms with E-state index in [9.17, 15) is 0 Å². The standard InChI is InChI=1S/C20H22N4O3.H2/c1-25-15-9-14(10-16(11-15)26-2)22-19-4-3-17-20(24-19)23-18(12-21-17)13-5-7-27-8-6-13;/h3-4,9-13H,5-8H2,1-2H3,(H,22,23,24);1H. The van der Waals surface area contributed by atoms with E-state index in [4.69, 9.17) is 19.2 Å². The number of nitrogens with one attached hydrogen (secondary N) is 1. The fraction of sp³-hybridized carbons (Fsp3) is 0.350. The van der Waals surface area contributed by atoms with Crippen molar-refractivity contribution in [1.82, 2.24) is 15.0 Å². The monoisotopic (exact) mass is 368 g/mol. The second kappa shape index (κ2) is 7.75. The van der Waals surface area contributed by atoms with Crippen LogP contribution in [0.25, 0.3) is 11.2 Å². The van der Waals surface area contributed by atoms with E-state index in [1.807, 2.05) is 36.5 Å². The van der Waals surface area contributed by atoms with E-state index in [-0.39, 0.29) is 1.43 Å². The van der Waals surface area contributed by atoms with Crippen molar-refractivity contribution in [3.8, 4) is 11.5 Å². The molecule has 142 valence electrons. The third-order valence-electron chi connectivity index (χ3n) is 4.69. The van der Waals surface area contributed by atoms with Crippen LogP contribution < -0.4 is 14.8 Å². The molecule has 0 unspecified atom stereocenters. The maximum Gasteiger partial charge on any atom is 0.180 e. The van der Waals surface area contributed by atoms with E-state index in [2.05, 4.69) is 15.3 Å². The van der Waals surface area contributed by atoms with Gasteiger partial charge in [-0.25, -0.2) is 9.97 Å². The molecular formula is C20H24N4O3. The normalized spacial score (nSPS) is 14.9. The summed E-state index contributed by atoms with van der Waals surface area (Å²) in [6, 6.07) is 9.40. The third kappa shape index (κ3) is 3.93. The van der Waals surface area contributed by atoms with Crippen LogP contribution in [-0.2, 0) is 4.74 Å². The summed E-state index contributed by atoms with van der Waals surface area (Å²) in [5.74, 6) is 2.49. The molecule has 1 aromatic carbocycles. The van der Waals surface area contributed by atoms with Gasteiger partial charge in [0.2, 0.25) is 0 Å². The number of rotatable bonds is 5. The van der Waals surface area contributed by atoms with Gasteiger partial charge in [-0.1, -0.05) is 0 Å². The smallest absolute Gasteiger partial charge is 0.180 e. The van der Waals surface area contributed by atoms with Crippen molar-refractivity contribution in [2.45, 2.75) is 18.8 Å². The molecule has 0 aliphatic carbocycles. The van der Waals surface area contributed by atoms with Crippen molar-refractivity contribution in [2.75, 3.05) is 32.8 Å². The Morgan fingerprint density at radius 3 is 2.48 bits per heavy atom. The van der Waals surface area contributed by atoms with E-state index in [0.29, 0.717) is 28.9 Å². The molecule has 0 atom stereocenters. The lowest BCUT2D eigenvalue weighted by Gasteiger charge is -2.21. The highest BCUT2D eigenvalue weighted by Crippen LogP contribution is 2.29. The zero-order valence-corrected chi connectivity index (χ0v) is 15.4. The Labute approximate surface area is 159 Å². The largest absolute Gasteiger partial charge is 0.497 e. The first-order chi connectivity index (χ1) is 13.2. The summed E-state index contributed by atoms with van der Waals surface area (Å²) < 4.78 is 16.1. The van der Waals surface area contributed by atoms with E-state index in [1.165, 1.54) is 0 Å². The molecule has 3 heterocycles. The number of hydrogen-bond donors (Lipinski definition) is 1. The van der Waals surface area contributed by atoms with Crippen LogP contribution in [0.5, 0.6) is 11.5 Å². The van der Waals surface area contributed by atoms with Gasteiger partial charge in [-0.2, -0.15) is 0 Å². The number of fused-ring (bicyclic) bond motifs is 1. The second-order valence-corrected chi connectivity index (χ2v) is 6.45. The number of ether oxygens (including phenoxy) is 3. The maximum absolute atomic E-state index is 5.44. The number of hydrogen-bond acceptors (Lipinski definition) is 7.